The molecule has 0 spiro atoms. The summed E-state index contributed by atoms with van der Waals surface area (Å²) in [7, 11) is 0. The van der Waals surface area contributed by atoms with Gasteiger partial charge >= 0.3 is 0 Å². The first-order valence-corrected chi connectivity index (χ1v) is 9.65. The van der Waals surface area contributed by atoms with E-state index in [-0.39, 0.29) is 18.8 Å². The number of amides is 1. The molecule has 3 aromatic rings. The van der Waals surface area contributed by atoms with Crippen molar-refractivity contribution in [2.45, 2.75) is 19.3 Å². The summed E-state index contributed by atoms with van der Waals surface area (Å²) in [5, 5.41) is 3.53. The number of hydrogen-bond donors (Lipinski definition) is 1. The summed E-state index contributed by atoms with van der Waals surface area (Å²) in [6, 6.07) is 12.6. The Balaban J connectivity index is 1.29. The SMILES string of the molecule is O=C(NC[C@H]1Cn2c(-c3ccc4c(c3)OCO4)cnc2CO1)c1ccc(Cl)cc1. The molecule has 2 aliphatic rings. The van der Waals surface area contributed by atoms with Crippen molar-refractivity contribution in [3.05, 3.63) is 65.1 Å². The van der Waals surface area contributed by atoms with Crippen LogP contribution in [0.4, 0.5) is 0 Å². The molecule has 1 N–H and O–H groups in total. The Labute approximate surface area is 172 Å². The number of aromatic nitrogens is 2. The van der Waals surface area contributed by atoms with Crippen molar-refractivity contribution in [3.8, 4) is 22.8 Å². The highest BCUT2D eigenvalue weighted by molar-refractivity contribution is 6.30. The number of carbonyl (C=O) groups excluding carboxylic acids is 1. The molecular formula is C21H18ClN3O4. The second-order valence-electron chi connectivity index (χ2n) is 6.89. The maximum absolute atomic E-state index is 12.3. The molecule has 148 valence electrons. The number of benzene rings is 2. The number of imidazole rings is 1. The Bertz CT molecular complexity index is 1060. The zero-order valence-corrected chi connectivity index (χ0v) is 16.2. The van der Waals surface area contributed by atoms with Crippen molar-refractivity contribution < 1.29 is 19.0 Å². The summed E-state index contributed by atoms with van der Waals surface area (Å²) in [6.45, 7) is 1.64. The second-order valence-corrected chi connectivity index (χ2v) is 7.32. The molecule has 0 saturated carbocycles. The number of carbonyl (C=O) groups is 1. The van der Waals surface area contributed by atoms with E-state index in [1.54, 1.807) is 24.3 Å². The average Bonchev–Trinajstić information content (AvgIpc) is 3.38. The van der Waals surface area contributed by atoms with Crippen LogP contribution in [0.2, 0.25) is 5.02 Å². The molecule has 0 unspecified atom stereocenters. The minimum Gasteiger partial charge on any atom is -0.454 e. The largest absolute Gasteiger partial charge is 0.454 e. The minimum atomic E-state index is -0.155. The van der Waals surface area contributed by atoms with Crippen LogP contribution in [0.3, 0.4) is 0 Å². The number of rotatable bonds is 4. The van der Waals surface area contributed by atoms with Crippen LogP contribution in [-0.2, 0) is 17.9 Å². The lowest BCUT2D eigenvalue weighted by molar-refractivity contribution is 0.00374. The fourth-order valence-electron chi connectivity index (χ4n) is 3.50. The quantitative estimate of drug-likeness (QED) is 0.713. The van der Waals surface area contributed by atoms with Gasteiger partial charge in [-0.1, -0.05) is 11.6 Å². The van der Waals surface area contributed by atoms with E-state index >= 15 is 0 Å². The van der Waals surface area contributed by atoms with E-state index in [4.69, 9.17) is 25.8 Å². The van der Waals surface area contributed by atoms with Crippen LogP contribution < -0.4 is 14.8 Å². The van der Waals surface area contributed by atoms with Gasteiger partial charge in [-0.25, -0.2) is 4.98 Å². The lowest BCUT2D eigenvalue weighted by Crippen LogP contribution is -2.39. The predicted octanol–water partition coefficient (Wildman–Crippen LogP) is 3.26. The lowest BCUT2D eigenvalue weighted by Gasteiger charge is -2.26. The van der Waals surface area contributed by atoms with E-state index in [2.05, 4.69) is 14.9 Å². The number of nitrogens with one attached hydrogen (secondary N) is 1. The van der Waals surface area contributed by atoms with Crippen molar-refractivity contribution >= 4 is 17.5 Å². The van der Waals surface area contributed by atoms with E-state index in [1.165, 1.54) is 0 Å². The first-order valence-electron chi connectivity index (χ1n) is 9.27. The van der Waals surface area contributed by atoms with Crippen LogP contribution in [-0.4, -0.2) is 34.9 Å². The highest BCUT2D eigenvalue weighted by Gasteiger charge is 2.24. The van der Waals surface area contributed by atoms with Gasteiger partial charge in [-0.3, -0.25) is 4.79 Å². The van der Waals surface area contributed by atoms with E-state index < -0.39 is 0 Å². The molecule has 1 atom stereocenters. The second kappa shape index (κ2) is 7.42. The van der Waals surface area contributed by atoms with Crippen molar-refractivity contribution in [2.24, 2.45) is 0 Å². The maximum Gasteiger partial charge on any atom is 0.251 e. The van der Waals surface area contributed by atoms with Crippen LogP contribution in [0.5, 0.6) is 11.5 Å². The van der Waals surface area contributed by atoms with E-state index in [0.29, 0.717) is 30.3 Å². The zero-order valence-electron chi connectivity index (χ0n) is 15.4. The predicted molar refractivity (Wildman–Crippen MR) is 106 cm³/mol. The first-order chi connectivity index (χ1) is 14.2. The molecule has 0 saturated heterocycles. The third kappa shape index (κ3) is 3.54. The summed E-state index contributed by atoms with van der Waals surface area (Å²) >= 11 is 5.87. The lowest BCUT2D eigenvalue weighted by atomic mass is 10.1. The molecule has 1 aromatic heterocycles. The third-order valence-electron chi connectivity index (χ3n) is 5.04. The summed E-state index contributed by atoms with van der Waals surface area (Å²) in [6.07, 6.45) is 1.69. The monoisotopic (exact) mass is 411 g/mol. The van der Waals surface area contributed by atoms with Crippen LogP contribution in [0.25, 0.3) is 11.3 Å². The molecule has 1 amide bonds. The minimum absolute atomic E-state index is 0.152. The Morgan fingerprint density at radius 2 is 2.00 bits per heavy atom. The van der Waals surface area contributed by atoms with Gasteiger partial charge in [0, 0.05) is 22.7 Å². The number of halogens is 1. The van der Waals surface area contributed by atoms with E-state index in [9.17, 15) is 4.79 Å². The zero-order chi connectivity index (χ0) is 19.8. The average molecular weight is 412 g/mol. The standard InChI is InChI=1S/C21H18ClN3O4/c22-15-4-1-13(2-5-15)21(26)24-8-16-10-25-17(9-23-20(25)11-27-16)14-3-6-18-19(7-14)29-12-28-18/h1-7,9,16H,8,10-12H2,(H,24,26)/t16-/m0/s1. The highest BCUT2D eigenvalue weighted by Crippen LogP contribution is 2.36. The van der Waals surface area contributed by atoms with Gasteiger partial charge in [0.15, 0.2) is 11.5 Å². The van der Waals surface area contributed by atoms with Gasteiger partial charge < -0.3 is 24.1 Å². The molecule has 0 radical (unpaired) electrons. The molecular weight excluding hydrogens is 394 g/mol. The van der Waals surface area contributed by atoms with E-state index in [1.807, 2.05) is 24.4 Å². The van der Waals surface area contributed by atoms with Crippen molar-refractivity contribution in [2.75, 3.05) is 13.3 Å². The van der Waals surface area contributed by atoms with Gasteiger partial charge in [0.1, 0.15) is 12.4 Å². The molecule has 29 heavy (non-hydrogen) atoms. The Morgan fingerprint density at radius 1 is 1.17 bits per heavy atom. The molecule has 0 fully saturated rings. The fraction of sp³-hybridized carbons (Fsp3) is 0.238. The molecule has 0 bridgehead atoms. The van der Waals surface area contributed by atoms with Crippen molar-refractivity contribution in [1.82, 2.24) is 14.9 Å². The van der Waals surface area contributed by atoms with Gasteiger partial charge in [-0.05, 0) is 42.5 Å². The Morgan fingerprint density at radius 3 is 2.86 bits per heavy atom. The number of ether oxygens (including phenoxy) is 3. The number of fused-ring (bicyclic) bond motifs is 2. The van der Waals surface area contributed by atoms with Gasteiger partial charge in [0.2, 0.25) is 6.79 Å². The number of hydrogen-bond acceptors (Lipinski definition) is 5. The highest BCUT2D eigenvalue weighted by atomic mass is 35.5. The van der Waals surface area contributed by atoms with Crippen molar-refractivity contribution in [3.63, 3.8) is 0 Å². The molecule has 2 aliphatic heterocycles. The Hall–Kier alpha value is -3.03. The van der Waals surface area contributed by atoms with Gasteiger partial charge in [-0.2, -0.15) is 0 Å². The topological polar surface area (TPSA) is 74.6 Å². The molecule has 7 nitrogen and oxygen atoms in total. The normalized spacial score (nSPS) is 17.1. The van der Waals surface area contributed by atoms with Gasteiger partial charge in [-0.15, -0.1) is 0 Å². The van der Waals surface area contributed by atoms with Crippen molar-refractivity contribution in [1.29, 1.82) is 0 Å². The smallest absolute Gasteiger partial charge is 0.251 e. The summed E-state index contributed by atoms with van der Waals surface area (Å²) < 4.78 is 18.9. The van der Waals surface area contributed by atoms with Gasteiger partial charge in [0.05, 0.1) is 24.5 Å². The van der Waals surface area contributed by atoms with E-state index in [0.717, 1.165) is 28.6 Å². The summed E-state index contributed by atoms with van der Waals surface area (Å²) in [4.78, 5) is 16.8. The molecule has 5 rings (SSSR count). The van der Waals surface area contributed by atoms with Crippen LogP contribution >= 0.6 is 11.6 Å². The van der Waals surface area contributed by atoms with Gasteiger partial charge in [0.25, 0.3) is 5.91 Å². The molecule has 3 heterocycles. The van der Waals surface area contributed by atoms with Crippen LogP contribution in [0, 0.1) is 0 Å². The fourth-order valence-corrected chi connectivity index (χ4v) is 3.63. The maximum atomic E-state index is 12.3. The first kappa shape index (κ1) is 18.0. The Kier molecular flexibility index (Phi) is 4.61. The third-order valence-corrected chi connectivity index (χ3v) is 5.29. The van der Waals surface area contributed by atoms with Crippen LogP contribution in [0.15, 0.2) is 48.7 Å². The molecule has 2 aromatic carbocycles. The van der Waals surface area contributed by atoms with Crippen LogP contribution in [0.1, 0.15) is 16.2 Å². The molecule has 8 heteroatoms. The number of nitrogens with zero attached hydrogens (tertiary/aromatic N) is 2. The molecule has 0 aliphatic carbocycles. The summed E-state index contributed by atoms with van der Waals surface area (Å²) in [5.41, 5.74) is 2.55. The summed E-state index contributed by atoms with van der Waals surface area (Å²) in [5.74, 6) is 2.19.